The van der Waals surface area contributed by atoms with E-state index in [4.69, 9.17) is 4.74 Å². The Kier molecular flexibility index (Phi) is 7.96. The summed E-state index contributed by atoms with van der Waals surface area (Å²) in [4.78, 5) is 12.2. The molecule has 0 spiro atoms. The summed E-state index contributed by atoms with van der Waals surface area (Å²) in [5.41, 5.74) is -0.549. The monoisotopic (exact) mass is 301 g/mol. The number of esters is 1. The Labute approximate surface area is 128 Å². The second-order valence-corrected chi connectivity index (χ2v) is 7.48. The summed E-state index contributed by atoms with van der Waals surface area (Å²) < 4.78 is 5.23. The summed E-state index contributed by atoms with van der Waals surface area (Å²) in [5, 5.41) is 3.38. The van der Waals surface area contributed by atoms with Crippen molar-refractivity contribution in [2.75, 3.05) is 18.1 Å². The number of nitrogens with one attached hydrogen (secondary N) is 1. The Morgan fingerprint density at radius 1 is 1.40 bits per heavy atom. The van der Waals surface area contributed by atoms with Crippen molar-refractivity contribution >= 4 is 17.7 Å². The molecule has 1 unspecified atom stereocenters. The maximum Gasteiger partial charge on any atom is 0.326 e. The van der Waals surface area contributed by atoms with Gasteiger partial charge in [0.2, 0.25) is 0 Å². The van der Waals surface area contributed by atoms with E-state index in [0.29, 0.717) is 6.61 Å². The molecule has 0 bridgehead atoms. The van der Waals surface area contributed by atoms with Gasteiger partial charge in [0, 0.05) is 6.04 Å². The Bertz CT molecular complexity index is 290. The van der Waals surface area contributed by atoms with Gasteiger partial charge < -0.3 is 4.74 Å². The summed E-state index contributed by atoms with van der Waals surface area (Å²) in [5.74, 6) is 3.06. The summed E-state index contributed by atoms with van der Waals surface area (Å²) in [7, 11) is 0. The fraction of sp³-hybridized carbons (Fsp3) is 0.938. The molecule has 0 saturated heterocycles. The SMILES string of the molecule is CCOC(=O)C(C)(CCSCC1CCCC1)NC(C)C. The van der Waals surface area contributed by atoms with Crippen LogP contribution in [0.3, 0.4) is 0 Å². The predicted molar refractivity (Wildman–Crippen MR) is 87.2 cm³/mol. The zero-order valence-corrected chi connectivity index (χ0v) is 14.4. The van der Waals surface area contributed by atoms with Gasteiger partial charge in [0.25, 0.3) is 0 Å². The van der Waals surface area contributed by atoms with Crippen molar-refractivity contribution < 1.29 is 9.53 Å². The van der Waals surface area contributed by atoms with Crippen LogP contribution in [-0.2, 0) is 9.53 Å². The van der Waals surface area contributed by atoms with Crippen molar-refractivity contribution in [3.8, 4) is 0 Å². The molecule has 0 amide bonds. The minimum absolute atomic E-state index is 0.116. The van der Waals surface area contributed by atoms with E-state index in [0.717, 1.165) is 18.1 Å². The van der Waals surface area contributed by atoms with E-state index >= 15 is 0 Å². The van der Waals surface area contributed by atoms with Gasteiger partial charge in [-0.25, -0.2) is 0 Å². The highest BCUT2D eigenvalue weighted by atomic mass is 32.2. The molecule has 1 aliphatic carbocycles. The number of ether oxygens (including phenoxy) is 1. The minimum Gasteiger partial charge on any atom is -0.465 e. The number of hydrogen-bond acceptors (Lipinski definition) is 4. The average Bonchev–Trinajstić information content (AvgIpc) is 2.87. The average molecular weight is 301 g/mol. The highest BCUT2D eigenvalue weighted by molar-refractivity contribution is 7.99. The second kappa shape index (κ2) is 8.93. The van der Waals surface area contributed by atoms with Gasteiger partial charge in [-0.1, -0.05) is 12.8 Å². The molecule has 1 atom stereocenters. The molecule has 0 radical (unpaired) electrons. The lowest BCUT2D eigenvalue weighted by Crippen LogP contribution is -2.53. The smallest absolute Gasteiger partial charge is 0.326 e. The molecule has 0 aromatic heterocycles. The van der Waals surface area contributed by atoms with Crippen LogP contribution >= 0.6 is 11.8 Å². The van der Waals surface area contributed by atoms with Gasteiger partial charge in [0.1, 0.15) is 5.54 Å². The van der Waals surface area contributed by atoms with Gasteiger partial charge in [-0.3, -0.25) is 10.1 Å². The topological polar surface area (TPSA) is 38.3 Å². The summed E-state index contributed by atoms with van der Waals surface area (Å²) in [6.45, 7) is 8.43. The molecule has 0 aromatic carbocycles. The summed E-state index contributed by atoms with van der Waals surface area (Å²) in [6, 6.07) is 0.282. The van der Waals surface area contributed by atoms with E-state index in [1.165, 1.54) is 31.4 Å². The van der Waals surface area contributed by atoms with Crippen molar-refractivity contribution in [3.05, 3.63) is 0 Å². The molecule has 0 aliphatic heterocycles. The lowest BCUT2D eigenvalue weighted by Gasteiger charge is -2.30. The molecule has 1 fully saturated rings. The van der Waals surface area contributed by atoms with Crippen LogP contribution in [0.5, 0.6) is 0 Å². The van der Waals surface area contributed by atoms with E-state index in [-0.39, 0.29) is 12.0 Å². The normalized spacial score (nSPS) is 19.2. The largest absolute Gasteiger partial charge is 0.465 e. The van der Waals surface area contributed by atoms with Crippen LogP contribution in [0.4, 0.5) is 0 Å². The molecular weight excluding hydrogens is 270 g/mol. The molecule has 118 valence electrons. The Morgan fingerprint density at radius 3 is 2.60 bits per heavy atom. The fourth-order valence-electron chi connectivity index (χ4n) is 2.86. The molecule has 1 N–H and O–H groups in total. The van der Waals surface area contributed by atoms with Gasteiger partial charge in [0.05, 0.1) is 6.61 Å². The van der Waals surface area contributed by atoms with E-state index in [2.05, 4.69) is 19.2 Å². The standard InChI is InChI=1S/C16H31NO2S/c1-5-19-15(18)16(4,17-13(2)3)10-11-20-12-14-8-6-7-9-14/h13-14,17H,5-12H2,1-4H3. The third kappa shape index (κ3) is 6.04. The van der Waals surface area contributed by atoms with Gasteiger partial charge >= 0.3 is 5.97 Å². The van der Waals surface area contributed by atoms with Crippen LogP contribution in [0.2, 0.25) is 0 Å². The van der Waals surface area contributed by atoms with Crippen LogP contribution in [-0.4, -0.2) is 35.7 Å². The van der Waals surface area contributed by atoms with Crippen LogP contribution in [0.25, 0.3) is 0 Å². The minimum atomic E-state index is -0.549. The van der Waals surface area contributed by atoms with E-state index in [1.807, 2.05) is 25.6 Å². The van der Waals surface area contributed by atoms with Crippen molar-refractivity contribution in [2.45, 2.75) is 71.4 Å². The molecule has 0 aromatic rings. The van der Waals surface area contributed by atoms with Crippen molar-refractivity contribution in [2.24, 2.45) is 5.92 Å². The van der Waals surface area contributed by atoms with Gasteiger partial charge in [-0.2, -0.15) is 11.8 Å². The number of rotatable bonds is 9. The molecule has 1 aliphatic rings. The molecule has 0 heterocycles. The molecule has 4 heteroatoms. The second-order valence-electron chi connectivity index (χ2n) is 6.33. The van der Waals surface area contributed by atoms with E-state index in [9.17, 15) is 4.79 Å². The molecule has 1 saturated carbocycles. The first-order valence-electron chi connectivity index (χ1n) is 8.00. The maximum absolute atomic E-state index is 12.2. The highest BCUT2D eigenvalue weighted by Crippen LogP contribution is 2.28. The zero-order chi connectivity index (χ0) is 15.0. The molecular formula is C16H31NO2S. The van der Waals surface area contributed by atoms with Gasteiger partial charge in [-0.15, -0.1) is 0 Å². The quantitative estimate of drug-likeness (QED) is 0.521. The summed E-state index contributed by atoms with van der Waals surface area (Å²) in [6.07, 6.45) is 6.43. The number of carbonyl (C=O) groups is 1. The van der Waals surface area contributed by atoms with E-state index in [1.54, 1.807) is 0 Å². The molecule has 1 rings (SSSR count). The zero-order valence-electron chi connectivity index (χ0n) is 13.5. The lowest BCUT2D eigenvalue weighted by atomic mass is 9.98. The number of thioether (sulfide) groups is 1. The Balaban J connectivity index is 2.36. The first-order valence-corrected chi connectivity index (χ1v) is 9.16. The third-order valence-electron chi connectivity index (χ3n) is 3.91. The van der Waals surface area contributed by atoms with Gasteiger partial charge in [-0.05, 0) is 64.4 Å². The number of hydrogen-bond donors (Lipinski definition) is 1. The predicted octanol–water partition coefficient (Wildman–Crippen LogP) is 3.62. The molecule has 20 heavy (non-hydrogen) atoms. The first-order chi connectivity index (χ1) is 9.48. The Hall–Kier alpha value is -0.220. The van der Waals surface area contributed by atoms with Crippen molar-refractivity contribution in [3.63, 3.8) is 0 Å². The Morgan fingerprint density at radius 2 is 2.05 bits per heavy atom. The van der Waals surface area contributed by atoms with Crippen molar-refractivity contribution in [1.29, 1.82) is 0 Å². The molecule has 3 nitrogen and oxygen atoms in total. The maximum atomic E-state index is 12.2. The lowest BCUT2D eigenvalue weighted by molar-refractivity contribution is -0.150. The van der Waals surface area contributed by atoms with Crippen LogP contribution in [0.15, 0.2) is 0 Å². The highest BCUT2D eigenvalue weighted by Gasteiger charge is 2.34. The van der Waals surface area contributed by atoms with Crippen LogP contribution in [0.1, 0.15) is 59.8 Å². The summed E-state index contributed by atoms with van der Waals surface area (Å²) >= 11 is 1.99. The van der Waals surface area contributed by atoms with E-state index < -0.39 is 5.54 Å². The third-order valence-corrected chi connectivity index (χ3v) is 5.11. The van der Waals surface area contributed by atoms with Crippen LogP contribution < -0.4 is 5.32 Å². The van der Waals surface area contributed by atoms with Crippen molar-refractivity contribution in [1.82, 2.24) is 5.32 Å². The van der Waals surface area contributed by atoms with Crippen LogP contribution in [0, 0.1) is 5.92 Å². The van der Waals surface area contributed by atoms with Gasteiger partial charge in [0.15, 0.2) is 0 Å². The fourth-order valence-corrected chi connectivity index (χ4v) is 4.25. The number of carbonyl (C=O) groups excluding carboxylic acids is 1. The first kappa shape index (κ1) is 17.8.